The van der Waals surface area contributed by atoms with Crippen LogP contribution in [0.4, 0.5) is 0 Å². The van der Waals surface area contributed by atoms with E-state index in [1.165, 1.54) is 30.4 Å². The molecule has 0 aliphatic rings. The van der Waals surface area contributed by atoms with E-state index in [1.54, 1.807) is 0 Å². The topological polar surface area (TPSA) is 23.8 Å². The van der Waals surface area contributed by atoms with Gasteiger partial charge in [0.1, 0.15) is 0 Å². The number of rotatable bonds is 5. The Labute approximate surface area is 99.1 Å². The van der Waals surface area contributed by atoms with Gasteiger partial charge in [0.25, 0.3) is 0 Å². The zero-order valence-electron chi connectivity index (χ0n) is 10.6. The first-order chi connectivity index (χ1) is 7.74. The van der Waals surface area contributed by atoms with Crippen molar-refractivity contribution in [2.75, 3.05) is 0 Å². The summed E-state index contributed by atoms with van der Waals surface area (Å²) in [6.07, 6.45) is 4.68. The fourth-order valence-corrected chi connectivity index (χ4v) is 2.23. The van der Waals surface area contributed by atoms with E-state index < -0.39 is 0 Å². The van der Waals surface area contributed by atoms with Crippen molar-refractivity contribution in [1.82, 2.24) is 0 Å². The summed E-state index contributed by atoms with van der Waals surface area (Å²) in [6.45, 7) is 6.62. The Morgan fingerprint density at radius 2 is 2.06 bits per heavy atom. The molecule has 86 valence electrons. The first kappa shape index (κ1) is 12.8. The number of unbranched alkanes of at least 4 members (excludes halogenated alkanes) is 1. The second-order valence-corrected chi connectivity index (χ2v) is 4.38. The molecular weight excluding hydrogens is 194 g/mol. The van der Waals surface area contributed by atoms with Crippen molar-refractivity contribution in [3.05, 3.63) is 34.9 Å². The smallest absolute Gasteiger partial charge is 0.0994 e. The molecular formula is C15H21N. The second kappa shape index (κ2) is 6.33. The van der Waals surface area contributed by atoms with Crippen LogP contribution in [-0.4, -0.2) is 0 Å². The van der Waals surface area contributed by atoms with E-state index in [4.69, 9.17) is 5.26 Å². The van der Waals surface area contributed by atoms with Crippen molar-refractivity contribution in [2.24, 2.45) is 0 Å². The van der Waals surface area contributed by atoms with Gasteiger partial charge in [-0.15, -0.1) is 0 Å². The van der Waals surface area contributed by atoms with Gasteiger partial charge in [0.2, 0.25) is 0 Å². The van der Waals surface area contributed by atoms with Gasteiger partial charge in [0.15, 0.2) is 0 Å². The molecule has 0 aliphatic heterocycles. The van der Waals surface area contributed by atoms with Gasteiger partial charge >= 0.3 is 0 Å². The van der Waals surface area contributed by atoms with Crippen LogP contribution < -0.4 is 0 Å². The molecule has 0 saturated heterocycles. The molecule has 0 N–H and O–H groups in total. The molecule has 1 rings (SSSR count). The van der Waals surface area contributed by atoms with Crippen LogP contribution in [0.5, 0.6) is 0 Å². The largest absolute Gasteiger partial charge is 0.192 e. The number of nitrogens with zero attached hydrogens (tertiary/aromatic N) is 1. The molecule has 1 nitrogen and oxygen atoms in total. The first-order valence-electron chi connectivity index (χ1n) is 6.26. The van der Waals surface area contributed by atoms with Gasteiger partial charge in [-0.2, -0.15) is 5.26 Å². The summed E-state index contributed by atoms with van der Waals surface area (Å²) in [7, 11) is 0. The van der Waals surface area contributed by atoms with Gasteiger partial charge in [0.05, 0.1) is 11.6 Å². The predicted molar refractivity (Wildman–Crippen MR) is 68.5 cm³/mol. The molecule has 0 spiro atoms. The Hall–Kier alpha value is -1.29. The van der Waals surface area contributed by atoms with Crippen LogP contribution in [0.25, 0.3) is 0 Å². The highest BCUT2D eigenvalue weighted by atomic mass is 14.3. The molecule has 0 aromatic heterocycles. The number of benzene rings is 1. The molecule has 0 saturated carbocycles. The minimum Gasteiger partial charge on any atom is -0.192 e. The zero-order chi connectivity index (χ0) is 12.0. The summed E-state index contributed by atoms with van der Waals surface area (Å²) in [5, 5.41) is 9.08. The summed E-state index contributed by atoms with van der Waals surface area (Å²) in [6, 6.07) is 8.41. The molecule has 0 amide bonds. The summed E-state index contributed by atoms with van der Waals surface area (Å²) >= 11 is 0. The second-order valence-electron chi connectivity index (χ2n) is 4.38. The van der Waals surface area contributed by atoms with Crippen LogP contribution in [0.1, 0.15) is 62.6 Å². The van der Waals surface area contributed by atoms with Crippen LogP contribution in [0.2, 0.25) is 0 Å². The number of nitriles is 1. The van der Waals surface area contributed by atoms with Crippen molar-refractivity contribution >= 4 is 0 Å². The number of hydrogen-bond donors (Lipinski definition) is 0. The molecule has 0 bridgehead atoms. The molecule has 1 atom stereocenters. The Morgan fingerprint density at radius 3 is 2.62 bits per heavy atom. The van der Waals surface area contributed by atoms with Crippen LogP contribution in [0.3, 0.4) is 0 Å². The lowest BCUT2D eigenvalue weighted by atomic mass is 9.88. The normalized spacial score (nSPS) is 12.1. The van der Waals surface area contributed by atoms with Crippen molar-refractivity contribution in [1.29, 1.82) is 5.26 Å². The molecule has 1 unspecified atom stereocenters. The van der Waals surface area contributed by atoms with Gasteiger partial charge < -0.3 is 0 Å². The van der Waals surface area contributed by atoms with Crippen LogP contribution in [0.15, 0.2) is 18.2 Å². The standard InChI is InChI=1S/C15H21N/c1-4-6-8-12(3)15-10-7-9-13(11-16)14(15)5-2/h7,9-10,12H,4-6,8H2,1-3H3. The lowest BCUT2D eigenvalue weighted by Gasteiger charge is -2.16. The minimum absolute atomic E-state index is 0.572. The first-order valence-corrected chi connectivity index (χ1v) is 6.26. The average Bonchev–Trinajstić information content (AvgIpc) is 2.34. The maximum atomic E-state index is 9.08. The third-order valence-electron chi connectivity index (χ3n) is 3.21. The van der Waals surface area contributed by atoms with E-state index >= 15 is 0 Å². The Balaban J connectivity index is 2.99. The van der Waals surface area contributed by atoms with E-state index in [0.717, 1.165) is 12.0 Å². The molecule has 0 aliphatic carbocycles. The predicted octanol–water partition coefficient (Wildman–Crippen LogP) is 4.41. The Bertz CT molecular complexity index is 374. The van der Waals surface area contributed by atoms with Gasteiger partial charge in [-0.05, 0) is 36.0 Å². The lowest BCUT2D eigenvalue weighted by molar-refractivity contribution is 0.620. The van der Waals surface area contributed by atoms with Gasteiger partial charge in [-0.3, -0.25) is 0 Å². The molecule has 0 heterocycles. The van der Waals surface area contributed by atoms with E-state index in [-0.39, 0.29) is 0 Å². The van der Waals surface area contributed by atoms with Crippen molar-refractivity contribution in [3.63, 3.8) is 0 Å². The Morgan fingerprint density at radius 1 is 1.31 bits per heavy atom. The zero-order valence-corrected chi connectivity index (χ0v) is 10.6. The minimum atomic E-state index is 0.572. The molecule has 16 heavy (non-hydrogen) atoms. The fourth-order valence-electron chi connectivity index (χ4n) is 2.23. The van der Waals surface area contributed by atoms with Crippen LogP contribution in [-0.2, 0) is 6.42 Å². The lowest BCUT2D eigenvalue weighted by Crippen LogP contribution is -2.01. The van der Waals surface area contributed by atoms with Gasteiger partial charge in [-0.1, -0.05) is 45.7 Å². The van der Waals surface area contributed by atoms with Crippen molar-refractivity contribution in [3.8, 4) is 6.07 Å². The number of hydrogen-bond acceptors (Lipinski definition) is 1. The summed E-state index contributed by atoms with van der Waals surface area (Å²) in [5.74, 6) is 0.572. The third-order valence-corrected chi connectivity index (χ3v) is 3.21. The molecule has 1 heteroatoms. The van der Waals surface area contributed by atoms with Crippen LogP contribution >= 0.6 is 0 Å². The van der Waals surface area contributed by atoms with Gasteiger partial charge in [0, 0.05) is 0 Å². The summed E-state index contributed by atoms with van der Waals surface area (Å²) < 4.78 is 0. The SMILES string of the molecule is CCCCC(C)c1cccc(C#N)c1CC. The van der Waals surface area contributed by atoms with Crippen molar-refractivity contribution in [2.45, 2.75) is 52.4 Å². The monoisotopic (exact) mass is 215 g/mol. The Kier molecular flexibility index (Phi) is 5.05. The molecule has 1 aromatic carbocycles. The average molecular weight is 215 g/mol. The summed E-state index contributed by atoms with van der Waals surface area (Å²) in [5.41, 5.74) is 3.46. The van der Waals surface area contributed by atoms with Crippen molar-refractivity contribution < 1.29 is 0 Å². The highest BCUT2D eigenvalue weighted by molar-refractivity contribution is 5.44. The van der Waals surface area contributed by atoms with Crippen LogP contribution in [0, 0.1) is 11.3 Å². The highest BCUT2D eigenvalue weighted by Gasteiger charge is 2.12. The molecule has 0 radical (unpaired) electrons. The van der Waals surface area contributed by atoms with E-state index in [2.05, 4.69) is 32.9 Å². The highest BCUT2D eigenvalue weighted by Crippen LogP contribution is 2.27. The maximum Gasteiger partial charge on any atom is 0.0994 e. The molecule has 0 fully saturated rings. The third kappa shape index (κ3) is 2.85. The fraction of sp³-hybridized carbons (Fsp3) is 0.533. The van der Waals surface area contributed by atoms with E-state index in [1.807, 2.05) is 12.1 Å². The summed E-state index contributed by atoms with van der Waals surface area (Å²) in [4.78, 5) is 0. The van der Waals surface area contributed by atoms with Gasteiger partial charge in [-0.25, -0.2) is 0 Å². The van der Waals surface area contributed by atoms with E-state index in [9.17, 15) is 0 Å². The molecule has 1 aromatic rings. The van der Waals surface area contributed by atoms with E-state index in [0.29, 0.717) is 5.92 Å². The maximum absolute atomic E-state index is 9.08. The quantitative estimate of drug-likeness (QED) is 0.713.